The molecule has 52 heavy (non-hydrogen) atoms. The molecule has 276 valence electrons. The van der Waals surface area contributed by atoms with E-state index in [9.17, 15) is 0 Å². The quantitative estimate of drug-likeness (QED) is 0.155. The third-order valence-electron chi connectivity index (χ3n) is 12.1. The number of hydrogen-bond acceptors (Lipinski definition) is 0. The van der Waals surface area contributed by atoms with E-state index in [0.29, 0.717) is 19.2 Å². The van der Waals surface area contributed by atoms with E-state index in [0.717, 1.165) is 0 Å². The van der Waals surface area contributed by atoms with E-state index in [1.54, 1.807) is 22.3 Å². The summed E-state index contributed by atoms with van der Waals surface area (Å²) in [7, 11) is 0. The van der Waals surface area contributed by atoms with E-state index in [4.69, 9.17) is 0 Å². The van der Waals surface area contributed by atoms with Crippen molar-refractivity contribution in [3.63, 3.8) is 0 Å². The summed E-state index contributed by atoms with van der Waals surface area (Å²) in [5.74, 6) is 1.31. The van der Waals surface area contributed by atoms with E-state index < -0.39 is 20.0 Å². The summed E-state index contributed by atoms with van der Waals surface area (Å²) in [5.41, 5.74) is 18.7. The van der Waals surface area contributed by atoms with Crippen LogP contribution in [0.25, 0.3) is 34.4 Å². The molecule has 2 aliphatic carbocycles. The van der Waals surface area contributed by atoms with Crippen LogP contribution in [0.4, 0.5) is 0 Å². The van der Waals surface area contributed by atoms with Crippen LogP contribution in [0.5, 0.6) is 0 Å². The van der Waals surface area contributed by atoms with Gasteiger partial charge in [-0.1, -0.05) is 0 Å². The molecule has 4 aromatic carbocycles. The fourth-order valence-corrected chi connectivity index (χ4v) is 32.3. The van der Waals surface area contributed by atoms with Crippen molar-refractivity contribution in [2.24, 2.45) is 11.8 Å². The van der Waals surface area contributed by atoms with Gasteiger partial charge in [0.2, 0.25) is 0 Å². The zero-order chi connectivity index (χ0) is 35.6. The summed E-state index contributed by atoms with van der Waals surface area (Å²) in [4.78, 5) is 0. The average Bonchev–Trinajstić information content (AvgIpc) is 3.57. The maximum Gasteiger partial charge on any atom is -0.147 e. The van der Waals surface area contributed by atoms with E-state index in [1.807, 2.05) is 0 Å². The van der Waals surface area contributed by atoms with Crippen LogP contribution in [0.3, 0.4) is 0 Å². The maximum atomic E-state index is 2.70. The van der Waals surface area contributed by atoms with Crippen molar-refractivity contribution in [3.8, 4) is 22.3 Å². The van der Waals surface area contributed by atoms with Crippen molar-refractivity contribution in [3.05, 3.63) is 129 Å². The number of halogens is 2. The molecule has 3 heteroatoms. The zero-order valence-corrected chi connectivity index (χ0v) is 38.6. The first-order valence-electron chi connectivity index (χ1n) is 19.6. The van der Waals surface area contributed by atoms with Gasteiger partial charge in [0.15, 0.2) is 0 Å². The molecule has 0 bridgehead atoms. The third kappa shape index (κ3) is 7.55. The fraction of sp³-hybridized carbons (Fsp3) is 0.429. The summed E-state index contributed by atoms with van der Waals surface area (Å²) in [6, 6.07) is 33.6. The molecule has 0 N–H and O–H groups in total. The summed E-state index contributed by atoms with van der Waals surface area (Å²) in [6.07, 6.45) is 9.24. The molecule has 0 spiro atoms. The maximum absolute atomic E-state index is 3.14. The van der Waals surface area contributed by atoms with Crippen LogP contribution in [0.15, 0.2) is 96.1 Å². The van der Waals surface area contributed by atoms with Gasteiger partial charge in [0.1, 0.15) is 0 Å². The zero-order valence-electron chi connectivity index (χ0n) is 33.4. The molecule has 7 rings (SSSR count). The Balaban J connectivity index is 0.00000261. The Labute approximate surface area is 333 Å². The van der Waals surface area contributed by atoms with Gasteiger partial charge in [-0.05, 0) is 0 Å². The minimum atomic E-state index is -3.14. The van der Waals surface area contributed by atoms with Crippen LogP contribution in [0, 0.1) is 11.8 Å². The number of rotatable bonds is 8. The largest absolute Gasteiger partial charge is 0.147 e. The van der Waals surface area contributed by atoms with Gasteiger partial charge < -0.3 is 0 Å². The monoisotopic (exact) mass is 900 g/mol. The van der Waals surface area contributed by atoms with Gasteiger partial charge in [0.25, 0.3) is 0 Å². The molecular weight excluding hydrogens is 838 g/mol. The van der Waals surface area contributed by atoms with E-state index in [2.05, 4.69) is 166 Å². The molecule has 1 heterocycles. The Bertz CT molecular complexity index is 1800. The van der Waals surface area contributed by atoms with Crippen molar-refractivity contribution in [2.75, 3.05) is 0 Å². The molecule has 0 saturated carbocycles. The normalized spacial score (nSPS) is 18.9. The summed E-state index contributed by atoms with van der Waals surface area (Å²) < 4.78 is 4.37. The molecule has 0 aromatic heterocycles. The second kappa shape index (κ2) is 15.5. The predicted octanol–water partition coefficient (Wildman–Crippen LogP) is 15.5. The summed E-state index contributed by atoms with van der Waals surface area (Å²) >= 11 is -3.14. The van der Waals surface area contributed by atoms with Crippen molar-refractivity contribution in [1.82, 2.24) is 0 Å². The Morgan fingerprint density at radius 1 is 0.538 bits per heavy atom. The van der Waals surface area contributed by atoms with E-state index >= 15 is 0 Å². The van der Waals surface area contributed by atoms with E-state index in [-0.39, 0.29) is 35.6 Å². The number of fused-ring (bicyclic) bond motifs is 2. The Morgan fingerprint density at radius 3 is 1.19 bits per heavy atom. The predicted molar refractivity (Wildman–Crippen MR) is 230 cm³/mol. The molecular formula is C49H62Cl2Hf. The van der Waals surface area contributed by atoms with E-state index in [1.165, 1.54) is 72.1 Å². The minimum Gasteiger partial charge on any atom is -0.147 e. The number of benzene rings is 4. The van der Waals surface area contributed by atoms with Gasteiger partial charge in [-0.25, -0.2) is 0 Å². The minimum absolute atomic E-state index is 0. The fourth-order valence-electron chi connectivity index (χ4n) is 9.71. The Hall–Kier alpha value is -2.19. The summed E-state index contributed by atoms with van der Waals surface area (Å²) in [5, 5.41) is 0. The van der Waals surface area contributed by atoms with Crippen molar-refractivity contribution in [1.29, 1.82) is 0 Å². The first-order valence-corrected chi connectivity index (χ1v) is 28.8. The van der Waals surface area contributed by atoms with Crippen LogP contribution in [-0.2, 0) is 30.8 Å². The Kier molecular flexibility index (Phi) is 12.2. The molecule has 1 saturated heterocycles. The van der Waals surface area contributed by atoms with Gasteiger partial charge in [0.05, 0.1) is 0 Å². The van der Waals surface area contributed by atoms with Gasteiger partial charge in [0, 0.05) is 0 Å². The SMILES string of the molecule is CC(C)CC1=Cc2c(-c3ccc(C(C)(C)C)cc3)cccc2[CH]1[Hf]1([CH]2C(CC(C)C)=Cc3c(-c4ccc(C(C)(C)C)cc4)cccc32)[CH2]C[CH2]1.Cl.Cl. The van der Waals surface area contributed by atoms with Gasteiger partial charge in [-0.3, -0.25) is 0 Å². The molecule has 2 unspecified atom stereocenters. The Morgan fingerprint density at radius 2 is 0.904 bits per heavy atom. The average molecular weight is 900 g/mol. The van der Waals surface area contributed by atoms with Gasteiger partial charge in [-0.15, -0.1) is 24.8 Å². The molecule has 3 aliphatic rings. The smallest absolute Gasteiger partial charge is 0.147 e. The number of allylic oxidation sites excluding steroid dienone is 2. The van der Waals surface area contributed by atoms with Crippen molar-refractivity contribution in [2.45, 2.75) is 115 Å². The molecule has 0 amide bonds. The molecule has 1 fully saturated rings. The van der Waals surface area contributed by atoms with Crippen molar-refractivity contribution < 1.29 is 20.0 Å². The van der Waals surface area contributed by atoms with Crippen LogP contribution in [0.1, 0.15) is 129 Å². The van der Waals surface area contributed by atoms with Gasteiger partial charge in [-0.2, -0.15) is 0 Å². The second-order valence-corrected chi connectivity index (χ2v) is 35.5. The first kappa shape index (κ1) is 41.0. The van der Waals surface area contributed by atoms with Crippen LogP contribution in [-0.4, -0.2) is 0 Å². The summed E-state index contributed by atoms with van der Waals surface area (Å²) in [6.45, 7) is 23.6. The molecule has 4 aromatic rings. The number of hydrogen-bond donors (Lipinski definition) is 0. The van der Waals surface area contributed by atoms with Crippen molar-refractivity contribution >= 4 is 37.0 Å². The topological polar surface area (TPSA) is 0 Å². The molecule has 0 radical (unpaired) electrons. The standard InChI is InChI=1S/2C23H27.C3H6.2ClH.Hf/c2*1-16(2)13-17-14-19-7-6-8-21(22(19)15-17)18-9-11-20(12-10-18)23(3,4)5;1-3-2;;;/h2*6-12,14-16H,13H2,1-5H3;1-3H2;2*1H;. The molecule has 1 aliphatic heterocycles. The molecule has 2 atom stereocenters. The van der Waals surface area contributed by atoms with Crippen LogP contribution < -0.4 is 0 Å². The van der Waals surface area contributed by atoms with Gasteiger partial charge >= 0.3 is 311 Å². The third-order valence-corrected chi connectivity index (χ3v) is 34.5. The second-order valence-electron chi connectivity index (χ2n) is 18.9. The first-order chi connectivity index (χ1) is 23.7. The molecule has 0 nitrogen and oxygen atoms in total. The van der Waals surface area contributed by atoms with Crippen LogP contribution in [0.2, 0.25) is 8.35 Å². The van der Waals surface area contributed by atoms with Crippen LogP contribution >= 0.6 is 24.8 Å².